The maximum Gasteiger partial charge on any atom is 0.262 e. The number of aryl methyl sites for hydroxylation is 1. The van der Waals surface area contributed by atoms with Crippen molar-refractivity contribution in [3.63, 3.8) is 0 Å². The van der Waals surface area contributed by atoms with E-state index in [1.807, 2.05) is 26.8 Å². The zero-order chi connectivity index (χ0) is 25.3. The number of nitrogens with two attached hydrogens (primary N) is 1. The van der Waals surface area contributed by atoms with Crippen molar-refractivity contribution in [1.82, 2.24) is 0 Å². The fourth-order valence-electron chi connectivity index (χ4n) is 4.50. The minimum atomic E-state index is -0.734. The van der Waals surface area contributed by atoms with Crippen LogP contribution in [0, 0.1) is 23.7 Å². The van der Waals surface area contributed by atoms with Gasteiger partial charge in [0.05, 0.1) is 5.92 Å². The van der Waals surface area contributed by atoms with Gasteiger partial charge >= 0.3 is 0 Å². The van der Waals surface area contributed by atoms with E-state index in [-0.39, 0.29) is 35.2 Å². The second-order valence-electron chi connectivity index (χ2n) is 9.54. The molecule has 1 aliphatic carbocycles. The van der Waals surface area contributed by atoms with Crippen LogP contribution in [0.15, 0.2) is 65.3 Å². The highest BCUT2D eigenvalue weighted by atomic mass is 35.5. The van der Waals surface area contributed by atoms with Crippen molar-refractivity contribution < 1.29 is 19.1 Å². The van der Waals surface area contributed by atoms with Gasteiger partial charge in [0.2, 0.25) is 5.88 Å². The predicted octanol–water partition coefficient (Wildman–Crippen LogP) is 5.12. The van der Waals surface area contributed by atoms with Gasteiger partial charge in [-0.1, -0.05) is 49.7 Å². The zero-order valence-corrected chi connectivity index (χ0v) is 20.5. The summed E-state index contributed by atoms with van der Waals surface area (Å²) in [5.41, 5.74) is 8.43. The van der Waals surface area contributed by atoms with Crippen molar-refractivity contribution in [3.8, 4) is 11.8 Å². The number of para-hydroxylation sites is 1. The number of hydrogen-bond acceptors (Lipinski definition) is 6. The van der Waals surface area contributed by atoms with Crippen molar-refractivity contribution in [2.45, 2.75) is 39.5 Å². The Balaban J connectivity index is 1.64. The summed E-state index contributed by atoms with van der Waals surface area (Å²) in [5, 5.41) is 13.2. The van der Waals surface area contributed by atoms with Crippen LogP contribution >= 0.6 is 11.6 Å². The van der Waals surface area contributed by atoms with E-state index in [1.54, 1.807) is 36.4 Å². The number of nitriles is 1. The first-order chi connectivity index (χ1) is 16.6. The largest absolute Gasteiger partial charge is 0.483 e. The van der Waals surface area contributed by atoms with E-state index in [4.69, 9.17) is 26.8 Å². The van der Waals surface area contributed by atoms with Crippen LogP contribution in [0.5, 0.6) is 5.75 Å². The molecule has 1 heterocycles. The summed E-state index contributed by atoms with van der Waals surface area (Å²) in [5.74, 6) is -0.361. The van der Waals surface area contributed by atoms with Gasteiger partial charge in [0.25, 0.3) is 5.91 Å². The molecule has 1 unspecified atom stereocenters. The van der Waals surface area contributed by atoms with Gasteiger partial charge in [-0.25, -0.2) is 0 Å². The molecule has 180 valence electrons. The monoisotopic (exact) mass is 491 g/mol. The molecule has 0 spiro atoms. The molecule has 3 N–H and O–H groups in total. The fourth-order valence-corrected chi connectivity index (χ4v) is 4.68. The molecule has 2 aromatic rings. The number of carbonyl (C=O) groups excluding carboxylic acids is 2. The molecule has 2 aromatic carbocycles. The standard InChI is InChI=1S/C27H26ClN3O4/c1-15-8-9-16(28)10-19(15)31-23(33)14-34-21-7-5-4-6-17(21)24-18(13-29)26(30)35-22-12-27(2,3)11-20(32)25(22)24/h4-10,24H,11-12,14,30H2,1-3H3,(H,31,33). The molecule has 0 bridgehead atoms. The number of allylic oxidation sites excluding steroid dienone is 3. The summed E-state index contributed by atoms with van der Waals surface area (Å²) in [7, 11) is 0. The summed E-state index contributed by atoms with van der Waals surface area (Å²) < 4.78 is 11.6. The number of ether oxygens (including phenoxy) is 2. The highest BCUT2D eigenvalue weighted by Crippen LogP contribution is 2.49. The highest BCUT2D eigenvalue weighted by Gasteiger charge is 2.43. The normalized spacial score (nSPS) is 18.9. The predicted molar refractivity (Wildman–Crippen MR) is 132 cm³/mol. The molecule has 0 saturated carbocycles. The molecule has 0 aromatic heterocycles. The molecular weight excluding hydrogens is 466 g/mol. The summed E-state index contributed by atoms with van der Waals surface area (Å²) in [6.45, 7) is 5.56. The van der Waals surface area contributed by atoms with Crippen LogP contribution in [0.4, 0.5) is 5.69 Å². The summed E-state index contributed by atoms with van der Waals surface area (Å²) in [4.78, 5) is 25.8. The number of nitrogens with one attached hydrogen (secondary N) is 1. The molecule has 4 rings (SSSR count). The smallest absolute Gasteiger partial charge is 0.262 e. The second kappa shape index (κ2) is 9.47. The van der Waals surface area contributed by atoms with Gasteiger partial charge in [0.15, 0.2) is 12.4 Å². The van der Waals surface area contributed by atoms with E-state index in [0.29, 0.717) is 46.2 Å². The molecule has 7 nitrogen and oxygen atoms in total. The van der Waals surface area contributed by atoms with Gasteiger partial charge in [-0.2, -0.15) is 5.26 Å². The van der Waals surface area contributed by atoms with Crippen molar-refractivity contribution in [1.29, 1.82) is 5.26 Å². The van der Waals surface area contributed by atoms with Gasteiger partial charge in [-0.05, 0) is 36.1 Å². The third-order valence-electron chi connectivity index (χ3n) is 6.14. The van der Waals surface area contributed by atoms with Crippen molar-refractivity contribution in [2.24, 2.45) is 11.1 Å². The molecule has 0 fully saturated rings. The number of Topliss-reactive ketones (excluding diaryl/α,β-unsaturated/α-hetero) is 1. The van der Waals surface area contributed by atoms with Crippen molar-refractivity contribution in [3.05, 3.63) is 81.4 Å². The van der Waals surface area contributed by atoms with Gasteiger partial charge in [0.1, 0.15) is 23.2 Å². The van der Waals surface area contributed by atoms with Gasteiger partial charge in [-0.3, -0.25) is 9.59 Å². The Morgan fingerprint density at radius 1 is 1.29 bits per heavy atom. The maximum atomic E-state index is 13.2. The molecule has 35 heavy (non-hydrogen) atoms. The topological polar surface area (TPSA) is 114 Å². The van der Waals surface area contributed by atoms with Crippen LogP contribution < -0.4 is 15.8 Å². The first kappa shape index (κ1) is 24.4. The van der Waals surface area contributed by atoms with Crippen LogP contribution in [0.2, 0.25) is 5.02 Å². The minimum Gasteiger partial charge on any atom is -0.483 e. The van der Waals surface area contributed by atoms with Gasteiger partial charge < -0.3 is 20.5 Å². The van der Waals surface area contributed by atoms with Gasteiger partial charge in [-0.15, -0.1) is 0 Å². The Bertz CT molecular complexity index is 1320. The average molecular weight is 492 g/mol. The van der Waals surface area contributed by atoms with Crippen LogP contribution in [-0.4, -0.2) is 18.3 Å². The van der Waals surface area contributed by atoms with Crippen LogP contribution in [0.1, 0.15) is 43.7 Å². The van der Waals surface area contributed by atoms with Crippen LogP contribution in [-0.2, 0) is 14.3 Å². The number of amides is 1. The summed E-state index contributed by atoms with van der Waals surface area (Å²) in [6.07, 6.45) is 0.850. The van der Waals surface area contributed by atoms with Gasteiger partial charge in [0, 0.05) is 34.7 Å². The van der Waals surface area contributed by atoms with E-state index in [9.17, 15) is 14.9 Å². The quantitative estimate of drug-likeness (QED) is 0.600. The SMILES string of the molecule is Cc1ccc(Cl)cc1NC(=O)COc1ccccc1C1C(C#N)=C(N)OC2=C1C(=O)CC(C)(C)C2. The van der Waals surface area contributed by atoms with E-state index in [1.165, 1.54) is 0 Å². The number of nitrogens with zero attached hydrogens (tertiary/aromatic N) is 1. The number of anilines is 1. The van der Waals surface area contributed by atoms with Crippen molar-refractivity contribution >= 4 is 29.0 Å². The van der Waals surface area contributed by atoms with Crippen LogP contribution in [0.25, 0.3) is 0 Å². The van der Waals surface area contributed by atoms with E-state index in [2.05, 4.69) is 11.4 Å². The lowest BCUT2D eigenvalue weighted by atomic mass is 9.70. The zero-order valence-electron chi connectivity index (χ0n) is 19.8. The number of halogens is 1. The van der Waals surface area contributed by atoms with E-state index in [0.717, 1.165) is 5.56 Å². The molecule has 8 heteroatoms. The average Bonchev–Trinajstić information content (AvgIpc) is 2.78. The van der Waals surface area contributed by atoms with Crippen LogP contribution in [0.3, 0.4) is 0 Å². The van der Waals surface area contributed by atoms with Crippen molar-refractivity contribution in [2.75, 3.05) is 11.9 Å². The second-order valence-corrected chi connectivity index (χ2v) is 9.97. The molecule has 1 amide bonds. The lowest BCUT2D eigenvalue weighted by molar-refractivity contribution is -0.119. The third-order valence-corrected chi connectivity index (χ3v) is 6.37. The highest BCUT2D eigenvalue weighted by molar-refractivity contribution is 6.31. The lowest BCUT2D eigenvalue weighted by Crippen LogP contribution is -2.33. The van der Waals surface area contributed by atoms with E-state index < -0.39 is 5.92 Å². The number of hydrogen-bond donors (Lipinski definition) is 2. The number of carbonyl (C=O) groups is 2. The maximum absolute atomic E-state index is 13.2. The third kappa shape index (κ3) is 5.03. The Morgan fingerprint density at radius 2 is 2.03 bits per heavy atom. The first-order valence-electron chi connectivity index (χ1n) is 11.2. The van der Waals surface area contributed by atoms with E-state index >= 15 is 0 Å². The number of rotatable bonds is 5. The molecule has 2 aliphatic rings. The number of benzene rings is 2. The Morgan fingerprint density at radius 3 is 2.77 bits per heavy atom. The molecule has 1 atom stereocenters. The first-order valence-corrected chi connectivity index (χ1v) is 11.6. The molecular formula is C27H26ClN3O4. The molecule has 0 radical (unpaired) electrons. The fraction of sp³-hybridized carbons (Fsp3) is 0.296. The lowest BCUT2D eigenvalue weighted by Gasteiger charge is -2.37. The Labute approximate surface area is 209 Å². The summed E-state index contributed by atoms with van der Waals surface area (Å²) in [6, 6.07) is 14.4. The molecule has 1 aliphatic heterocycles. The Kier molecular flexibility index (Phi) is 6.60. The Hall–Kier alpha value is -3.76. The number of ketones is 1. The molecule has 0 saturated heterocycles. The minimum absolute atomic E-state index is 0.0225. The summed E-state index contributed by atoms with van der Waals surface area (Å²) >= 11 is 6.04.